The van der Waals surface area contributed by atoms with Crippen LogP contribution in [-0.2, 0) is 25.0 Å². The maximum atomic E-state index is 12.8. The van der Waals surface area contributed by atoms with Gasteiger partial charge in [-0.05, 0) is 41.7 Å². The van der Waals surface area contributed by atoms with E-state index in [1.165, 1.54) is 17.4 Å². The Bertz CT molecular complexity index is 809. The molecule has 4 rings (SSSR count). The molecule has 2 saturated heterocycles. The molecule has 2 aliphatic heterocycles. The standard InChI is InChI=1S/C20H28N2O4S/c1-27(24,25)22-8-6-20(7-9-22)15-16(17-4-2-3-5-18(17)20)14-19(23)21-10-12-26-13-11-21/h2-5,16H,6-15H2,1H3. The monoisotopic (exact) mass is 392 g/mol. The predicted molar refractivity (Wildman–Crippen MR) is 103 cm³/mol. The average Bonchev–Trinajstić information content (AvgIpc) is 2.95. The molecule has 1 atom stereocenters. The van der Waals surface area contributed by atoms with Crippen LogP contribution in [-0.4, -0.2) is 69.2 Å². The van der Waals surface area contributed by atoms with Crippen molar-refractivity contribution >= 4 is 15.9 Å². The summed E-state index contributed by atoms with van der Waals surface area (Å²) in [7, 11) is -3.14. The summed E-state index contributed by atoms with van der Waals surface area (Å²) in [6.07, 6.45) is 4.44. The van der Waals surface area contributed by atoms with Crippen LogP contribution in [0.15, 0.2) is 24.3 Å². The number of hydrogen-bond donors (Lipinski definition) is 0. The molecule has 1 aromatic rings. The smallest absolute Gasteiger partial charge is 0.223 e. The van der Waals surface area contributed by atoms with E-state index >= 15 is 0 Å². The van der Waals surface area contributed by atoms with Gasteiger partial charge in [-0.15, -0.1) is 0 Å². The zero-order chi connectivity index (χ0) is 19.1. The molecule has 2 fully saturated rings. The van der Waals surface area contributed by atoms with Gasteiger partial charge in [0.1, 0.15) is 0 Å². The van der Waals surface area contributed by atoms with Crippen molar-refractivity contribution in [1.82, 2.24) is 9.21 Å². The Morgan fingerprint density at radius 1 is 1.15 bits per heavy atom. The highest BCUT2D eigenvalue weighted by atomic mass is 32.2. The van der Waals surface area contributed by atoms with Crippen LogP contribution < -0.4 is 0 Å². The number of fused-ring (bicyclic) bond motifs is 2. The molecule has 1 aliphatic carbocycles. The third-order valence-electron chi connectivity index (χ3n) is 6.54. The molecule has 6 nitrogen and oxygen atoms in total. The number of piperidine rings is 1. The van der Waals surface area contributed by atoms with Crippen LogP contribution in [0.5, 0.6) is 0 Å². The Morgan fingerprint density at radius 3 is 2.48 bits per heavy atom. The molecule has 0 radical (unpaired) electrons. The number of carbonyl (C=O) groups is 1. The summed E-state index contributed by atoms with van der Waals surface area (Å²) in [5.41, 5.74) is 2.62. The molecule has 2 heterocycles. The van der Waals surface area contributed by atoms with Crippen LogP contribution >= 0.6 is 0 Å². The van der Waals surface area contributed by atoms with Crippen LogP contribution in [0.1, 0.15) is 42.7 Å². The van der Waals surface area contributed by atoms with E-state index in [4.69, 9.17) is 4.74 Å². The number of hydrogen-bond acceptors (Lipinski definition) is 4. The number of carbonyl (C=O) groups excluding carboxylic acids is 1. The average molecular weight is 393 g/mol. The second-order valence-corrected chi connectivity index (χ2v) is 10.1. The quantitative estimate of drug-likeness (QED) is 0.786. The first-order chi connectivity index (χ1) is 12.9. The first-order valence-corrected chi connectivity index (χ1v) is 11.6. The normalized spacial score (nSPS) is 25.5. The Morgan fingerprint density at radius 2 is 1.81 bits per heavy atom. The number of sulfonamides is 1. The van der Waals surface area contributed by atoms with Gasteiger partial charge in [0.25, 0.3) is 0 Å². The summed E-state index contributed by atoms with van der Waals surface area (Å²) in [6.45, 7) is 3.74. The van der Waals surface area contributed by atoms with Crippen molar-refractivity contribution in [1.29, 1.82) is 0 Å². The van der Waals surface area contributed by atoms with Crippen molar-refractivity contribution in [2.24, 2.45) is 0 Å². The minimum absolute atomic E-state index is 0.00768. The van der Waals surface area contributed by atoms with E-state index < -0.39 is 10.0 Å². The fourth-order valence-electron chi connectivity index (χ4n) is 5.08. The van der Waals surface area contributed by atoms with Gasteiger partial charge in [-0.1, -0.05) is 24.3 Å². The van der Waals surface area contributed by atoms with E-state index in [0.29, 0.717) is 45.8 Å². The third kappa shape index (κ3) is 3.65. The molecule has 1 aromatic carbocycles. The maximum Gasteiger partial charge on any atom is 0.223 e. The second kappa shape index (κ2) is 7.18. The zero-order valence-electron chi connectivity index (χ0n) is 15.9. The number of benzene rings is 1. The first-order valence-electron chi connectivity index (χ1n) is 9.79. The first kappa shape index (κ1) is 18.9. The second-order valence-electron chi connectivity index (χ2n) is 8.13. The van der Waals surface area contributed by atoms with Gasteiger partial charge < -0.3 is 9.64 Å². The summed E-state index contributed by atoms with van der Waals surface area (Å²) >= 11 is 0. The van der Waals surface area contributed by atoms with Crippen molar-refractivity contribution in [3.63, 3.8) is 0 Å². The molecule has 148 valence electrons. The molecular weight excluding hydrogens is 364 g/mol. The minimum atomic E-state index is -3.14. The number of rotatable bonds is 3. The van der Waals surface area contributed by atoms with Gasteiger partial charge in [-0.3, -0.25) is 4.79 Å². The SMILES string of the molecule is CS(=O)(=O)N1CCC2(CC1)CC(CC(=O)N1CCOCC1)c1ccccc12. The summed E-state index contributed by atoms with van der Waals surface area (Å²) in [5.74, 6) is 0.435. The lowest BCUT2D eigenvalue weighted by atomic mass is 9.73. The van der Waals surface area contributed by atoms with E-state index in [1.807, 2.05) is 4.90 Å². The zero-order valence-corrected chi connectivity index (χ0v) is 16.7. The summed E-state index contributed by atoms with van der Waals surface area (Å²) in [6, 6.07) is 8.46. The number of amides is 1. The largest absolute Gasteiger partial charge is 0.378 e. The maximum absolute atomic E-state index is 12.8. The summed E-state index contributed by atoms with van der Waals surface area (Å²) < 4.78 is 30.7. The Labute approximate surface area is 161 Å². The van der Waals surface area contributed by atoms with Crippen molar-refractivity contribution < 1.29 is 17.9 Å². The topological polar surface area (TPSA) is 66.9 Å². The molecule has 0 bridgehead atoms. The summed E-state index contributed by atoms with van der Waals surface area (Å²) in [4.78, 5) is 14.7. The predicted octanol–water partition coefficient (Wildman–Crippen LogP) is 1.72. The highest BCUT2D eigenvalue weighted by Crippen LogP contribution is 2.52. The van der Waals surface area contributed by atoms with E-state index in [9.17, 15) is 13.2 Å². The van der Waals surface area contributed by atoms with E-state index in [0.717, 1.165) is 19.3 Å². The third-order valence-corrected chi connectivity index (χ3v) is 7.85. The number of morpholine rings is 1. The van der Waals surface area contributed by atoms with E-state index in [-0.39, 0.29) is 17.2 Å². The molecule has 0 saturated carbocycles. The van der Waals surface area contributed by atoms with Crippen molar-refractivity contribution in [3.05, 3.63) is 35.4 Å². The molecule has 27 heavy (non-hydrogen) atoms. The van der Waals surface area contributed by atoms with Crippen molar-refractivity contribution in [2.45, 2.75) is 37.0 Å². The molecule has 1 amide bonds. The van der Waals surface area contributed by atoms with Gasteiger partial charge in [-0.2, -0.15) is 0 Å². The summed E-state index contributed by atoms with van der Waals surface area (Å²) in [5, 5.41) is 0. The minimum Gasteiger partial charge on any atom is -0.378 e. The fourth-order valence-corrected chi connectivity index (χ4v) is 5.93. The van der Waals surface area contributed by atoms with Crippen LogP contribution in [0.25, 0.3) is 0 Å². The van der Waals surface area contributed by atoms with Crippen LogP contribution in [0, 0.1) is 0 Å². The molecule has 3 aliphatic rings. The molecule has 0 N–H and O–H groups in total. The highest BCUT2D eigenvalue weighted by Gasteiger charge is 2.46. The van der Waals surface area contributed by atoms with Gasteiger partial charge in [0.2, 0.25) is 15.9 Å². The molecule has 1 unspecified atom stereocenters. The van der Waals surface area contributed by atoms with Gasteiger partial charge in [-0.25, -0.2) is 12.7 Å². The van der Waals surface area contributed by atoms with Crippen LogP contribution in [0.2, 0.25) is 0 Å². The van der Waals surface area contributed by atoms with Crippen molar-refractivity contribution in [3.8, 4) is 0 Å². The van der Waals surface area contributed by atoms with Gasteiger partial charge in [0.05, 0.1) is 19.5 Å². The molecular formula is C20H28N2O4S. The highest BCUT2D eigenvalue weighted by molar-refractivity contribution is 7.88. The van der Waals surface area contributed by atoms with Crippen LogP contribution in [0.4, 0.5) is 0 Å². The van der Waals surface area contributed by atoms with Gasteiger partial charge in [0, 0.05) is 32.6 Å². The lowest BCUT2D eigenvalue weighted by Crippen LogP contribution is -2.44. The lowest BCUT2D eigenvalue weighted by molar-refractivity contribution is -0.135. The Kier molecular flexibility index (Phi) is 5.03. The van der Waals surface area contributed by atoms with Crippen LogP contribution in [0.3, 0.4) is 0 Å². The molecule has 1 spiro atoms. The Balaban J connectivity index is 1.52. The number of ether oxygens (including phenoxy) is 1. The molecule has 7 heteroatoms. The van der Waals surface area contributed by atoms with E-state index in [1.54, 1.807) is 4.31 Å². The number of nitrogens with zero attached hydrogens (tertiary/aromatic N) is 2. The lowest BCUT2D eigenvalue weighted by Gasteiger charge is -2.39. The van der Waals surface area contributed by atoms with Crippen molar-refractivity contribution in [2.75, 3.05) is 45.6 Å². The fraction of sp³-hybridized carbons (Fsp3) is 0.650. The Hall–Kier alpha value is -1.44. The van der Waals surface area contributed by atoms with E-state index in [2.05, 4.69) is 24.3 Å². The van der Waals surface area contributed by atoms with Gasteiger partial charge in [0.15, 0.2) is 0 Å². The molecule has 0 aromatic heterocycles. The van der Waals surface area contributed by atoms with Gasteiger partial charge >= 0.3 is 0 Å².